The van der Waals surface area contributed by atoms with Crippen LogP contribution in [0.15, 0.2) is 30.5 Å². The predicted molar refractivity (Wildman–Crippen MR) is 172 cm³/mol. The van der Waals surface area contributed by atoms with Crippen LogP contribution in [0.5, 0.6) is 0 Å². The van der Waals surface area contributed by atoms with Gasteiger partial charge in [-0.3, -0.25) is 14.8 Å². The van der Waals surface area contributed by atoms with Crippen LogP contribution in [0, 0.1) is 6.92 Å². The molecule has 1 aromatic carbocycles. The van der Waals surface area contributed by atoms with Crippen LogP contribution in [0.3, 0.4) is 0 Å². The van der Waals surface area contributed by atoms with Crippen LogP contribution in [-0.4, -0.2) is 114 Å². The molecule has 1 amide bonds. The number of ether oxygens (including phenoxy) is 1. The van der Waals surface area contributed by atoms with Gasteiger partial charge < -0.3 is 30.5 Å². The van der Waals surface area contributed by atoms with E-state index in [1.165, 1.54) is 37.2 Å². The number of primary amides is 1. The van der Waals surface area contributed by atoms with Gasteiger partial charge in [0, 0.05) is 88.2 Å². The molecule has 12 nitrogen and oxygen atoms in total. The summed E-state index contributed by atoms with van der Waals surface area (Å²) in [5, 5.41) is 10.6. The van der Waals surface area contributed by atoms with E-state index in [4.69, 9.17) is 20.4 Å². The summed E-state index contributed by atoms with van der Waals surface area (Å²) in [5.41, 5.74) is 10.4. The predicted octanol–water partition coefficient (Wildman–Crippen LogP) is 2.99. The molecule has 2 aromatic heterocycles. The third-order valence-corrected chi connectivity index (χ3v) is 10.2. The second kappa shape index (κ2) is 12.0. The molecule has 44 heavy (non-hydrogen) atoms. The lowest BCUT2D eigenvalue weighted by molar-refractivity contribution is 0.0285. The quantitative estimate of drug-likeness (QED) is 0.372. The van der Waals surface area contributed by atoms with Crippen LogP contribution < -0.4 is 20.9 Å². The average Bonchev–Trinajstić information content (AvgIpc) is 3.57. The van der Waals surface area contributed by atoms with Crippen molar-refractivity contribution in [3.05, 3.63) is 41.7 Å². The topological polar surface area (TPSA) is 132 Å². The zero-order chi connectivity index (χ0) is 30.3. The Morgan fingerprint density at radius 2 is 1.80 bits per heavy atom. The van der Waals surface area contributed by atoms with Gasteiger partial charge in [0.25, 0.3) is 5.91 Å². The first-order chi connectivity index (χ1) is 21.4. The summed E-state index contributed by atoms with van der Waals surface area (Å²) < 4.78 is 5.68. The number of nitrogens with zero attached hydrogens (tertiary/aromatic N) is 7. The molecule has 4 aliphatic heterocycles. The monoisotopic (exact) mass is 600 g/mol. The van der Waals surface area contributed by atoms with Gasteiger partial charge in [0.1, 0.15) is 11.4 Å². The number of carbonyl (C=O) groups excluding carboxylic acids is 1. The van der Waals surface area contributed by atoms with Gasteiger partial charge in [-0.1, -0.05) is 0 Å². The number of rotatable bonds is 7. The summed E-state index contributed by atoms with van der Waals surface area (Å²) in [6.45, 7) is 11.3. The number of hydrogen-bond donors (Lipinski definition) is 3. The first-order valence-electron chi connectivity index (χ1n) is 16.0. The summed E-state index contributed by atoms with van der Waals surface area (Å²) in [6, 6.07) is 8.89. The fourth-order valence-electron chi connectivity index (χ4n) is 7.46. The van der Waals surface area contributed by atoms with Gasteiger partial charge in [-0.2, -0.15) is 5.10 Å². The molecule has 0 bridgehead atoms. The van der Waals surface area contributed by atoms with Gasteiger partial charge in [-0.15, -0.1) is 0 Å². The molecule has 4 fully saturated rings. The van der Waals surface area contributed by atoms with Crippen LogP contribution in [-0.2, 0) is 4.74 Å². The number of aryl methyl sites for hydroxylation is 1. The lowest BCUT2D eigenvalue weighted by atomic mass is 9.78. The number of likely N-dealkylation sites (N-methyl/N-ethyl adjacent to an activating group) is 1. The summed E-state index contributed by atoms with van der Waals surface area (Å²) in [7, 11) is 2.21. The molecule has 7 rings (SSSR count). The molecule has 0 radical (unpaired) electrons. The second-order valence-electron chi connectivity index (χ2n) is 12.8. The van der Waals surface area contributed by atoms with Gasteiger partial charge in [-0.05, 0) is 75.9 Å². The number of H-pyrrole nitrogens is 1. The minimum Gasteiger partial charge on any atom is -0.381 e. The molecule has 0 saturated carbocycles. The van der Waals surface area contributed by atoms with Gasteiger partial charge >= 0.3 is 0 Å². The number of nitrogens with two attached hydrogens (primary N) is 1. The van der Waals surface area contributed by atoms with Crippen molar-refractivity contribution in [3.8, 4) is 11.4 Å². The highest BCUT2D eigenvalue weighted by Gasteiger charge is 2.47. The van der Waals surface area contributed by atoms with Crippen molar-refractivity contribution < 1.29 is 9.53 Å². The van der Waals surface area contributed by atoms with E-state index in [0.29, 0.717) is 29.1 Å². The Balaban J connectivity index is 1.13. The number of benzene rings is 1. The van der Waals surface area contributed by atoms with Crippen molar-refractivity contribution in [3.63, 3.8) is 0 Å². The molecule has 0 atom stereocenters. The maximum Gasteiger partial charge on any atom is 0.271 e. The SMILES string of the molecule is Cc1cc(Nc2nc(N3CCC34CCOCC4)c(-c3cc[nH]n3)nc2C(N)=O)ccc1N1CCC(N2CCN(C)CC2)CC1. The molecule has 4 saturated heterocycles. The molecule has 1 spiro atoms. The van der Waals surface area contributed by atoms with Crippen molar-refractivity contribution in [2.24, 2.45) is 5.73 Å². The summed E-state index contributed by atoms with van der Waals surface area (Å²) in [6.07, 6.45) is 7.07. The zero-order valence-electron chi connectivity index (χ0n) is 25.9. The fraction of sp³-hybridized carbons (Fsp3) is 0.562. The van der Waals surface area contributed by atoms with Gasteiger partial charge in [0.2, 0.25) is 0 Å². The molecular weight excluding hydrogens is 556 g/mol. The van der Waals surface area contributed by atoms with Crippen molar-refractivity contribution in [2.45, 2.75) is 50.6 Å². The molecule has 6 heterocycles. The molecule has 234 valence electrons. The summed E-state index contributed by atoms with van der Waals surface area (Å²) >= 11 is 0. The Bertz CT molecular complexity index is 1470. The number of piperazine rings is 1. The number of aromatic nitrogens is 4. The Hall–Kier alpha value is -3.74. The average molecular weight is 601 g/mol. The number of nitrogens with one attached hydrogen (secondary N) is 2. The van der Waals surface area contributed by atoms with Crippen molar-refractivity contribution in [2.75, 3.05) is 81.2 Å². The smallest absolute Gasteiger partial charge is 0.271 e. The van der Waals surface area contributed by atoms with Crippen molar-refractivity contribution >= 4 is 28.9 Å². The number of anilines is 4. The maximum absolute atomic E-state index is 12.7. The number of hydrogen-bond acceptors (Lipinski definition) is 10. The number of piperidine rings is 1. The third-order valence-electron chi connectivity index (χ3n) is 10.2. The summed E-state index contributed by atoms with van der Waals surface area (Å²) in [5.74, 6) is 0.444. The van der Waals surface area contributed by atoms with Gasteiger partial charge in [0.05, 0.1) is 0 Å². The molecule has 12 heteroatoms. The lowest BCUT2D eigenvalue weighted by Crippen LogP contribution is -2.63. The first kappa shape index (κ1) is 29.0. The van der Waals surface area contributed by atoms with Crippen LogP contribution >= 0.6 is 0 Å². The molecule has 3 aromatic rings. The summed E-state index contributed by atoms with van der Waals surface area (Å²) in [4.78, 5) is 32.5. The largest absolute Gasteiger partial charge is 0.381 e. The number of aromatic amines is 1. The fourth-order valence-corrected chi connectivity index (χ4v) is 7.46. The highest BCUT2D eigenvalue weighted by molar-refractivity contribution is 5.97. The minimum absolute atomic E-state index is 0.0144. The van der Waals surface area contributed by atoms with E-state index in [2.05, 4.69) is 67.3 Å². The van der Waals surface area contributed by atoms with Gasteiger partial charge in [0.15, 0.2) is 17.3 Å². The van der Waals surface area contributed by atoms with Crippen LogP contribution in [0.1, 0.15) is 48.2 Å². The van der Waals surface area contributed by atoms with Crippen LogP contribution in [0.2, 0.25) is 0 Å². The van der Waals surface area contributed by atoms with Crippen LogP contribution in [0.4, 0.5) is 23.0 Å². The zero-order valence-corrected chi connectivity index (χ0v) is 25.9. The Labute approximate surface area is 258 Å². The van der Waals surface area contributed by atoms with E-state index in [1.54, 1.807) is 6.20 Å². The lowest BCUT2D eigenvalue weighted by Gasteiger charge is -2.55. The van der Waals surface area contributed by atoms with E-state index in [0.717, 1.165) is 70.9 Å². The van der Waals surface area contributed by atoms with Crippen molar-refractivity contribution in [1.29, 1.82) is 0 Å². The van der Waals surface area contributed by atoms with E-state index in [9.17, 15) is 4.79 Å². The minimum atomic E-state index is -0.635. The molecule has 4 aliphatic rings. The third kappa shape index (κ3) is 5.50. The van der Waals surface area contributed by atoms with E-state index >= 15 is 0 Å². The maximum atomic E-state index is 12.7. The van der Waals surface area contributed by atoms with Gasteiger partial charge in [-0.25, -0.2) is 9.97 Å². The Kier molecular flexibility index (Phi) is 7.90. The number of carbonyl (C=O) groups is 1. The standard InChI is InChI=1S/C32H44N10O2/c1-22-21-23(3-4-26(22)41-12-6-24(7-13-41)40-17-15-39(2)16-18-40)35-30-28(29(33)43)36-27(25-5-11-34-38-25)31(37-30)42-14-8-32(42)9-19-44-20-10-32/h3-5,11,21,24H,6-10,12-20H2,1-2H3,(H2,33,43)(H,34,38)(H,35,37). The van der Waals surface area contributed by atoms with Crippen molar-refractivity contribution in [1.82, 2.24) is 30.0 Å². The first-order valence-corrected chi connectivity index (χ1v) is 16.0. The number of amides is 1. The highest BCUT2D eigenvalue weighted by atomic mass is 16.5. The molecular formula is C32H44N10O2. The normalized spacial score (nSPS) is 21.4. The van der Waals surface area contributed by atoms with E-state index in [-0.39, 0.29) is 11.2 Å². The van der Waals surface area contributed by atoms with E-state index in [1.807, 2.05) is 6.07 Å². The Morgan fingerprint density at radius 3 is 2.43 bits per heavy atom. The Morgan fingerprint density at radius 1 is 1.02 bits per heavy atom. The van der Waals surface area contributed by atoms with Crippen LogP contribution in [0.25, 0.3) is 11.4 Å². The molecule has 0 aliphatic carbocycles. The molecule has 4 N–H and O–H groups in total. The highest BCUT2D eigenvalue weighted by Crippen LogP contribution is 2.45. The van der Waals surface area contributed by atoms with E-state index < -0.39 is 5.91 Å². The second-order valence-corrected chi connectivity index (χ2v) is 12.8. The molecule has 0 unspecified atom stereocenters.